The van der Waals surface area contributed by atoms with E-state index in [0.29, 0.717) is 11.4 Å². The van der Waals surface area contributed by atoms with Crippen LogP contribution in [0.2, 0.25) is 0 Å². The number of rotatable bonds is 5. The number of aromatic nitrogens is 2. The zero-order valence-corrected chi connectivity index (χ0v) is 21.5. The zero-order valence-electron chi connectivity index (χ0n) is 21.5. The average Bonchev–Trinajstić information content (AvgIpc) is 3.16. The van der Waals surface area contributed by atoms with E-state index in [1.807, 2.05) is 70.6 Å². The molecule has 0 atom stereocenters. The van der Waals surface area contributed by atoms with Crippen molar-refractivity contribution in [3.05, 3.63) is 58.8 Å². The topological polar surface area (TPSA) is 56.6 Å². The highest BCUT2D eigenvalue weighted by atomic mass is 16.5. The fourth-order valence-corrected chi connectivity index (χ4v) is 4.37. The summed E-state index contributed by atoms with van der Waals surface area (Å²) in [5.41, 5.74) is 6.40. The molecule has 0 bridgehead atoms. The van der Waals surface area contributed by atoms with Gasteiger partial charge in [0, 0.05) is 23.7 Å². The molecule has 1 amide bonds. The van der Waals surface area contributed by atoms with Gasteiger partial charge in [-0.15, -0.1) is 0 Å². The molecule has 180 valence electrons. The van der Waals surface area contributed by atoms with Crippen LogP contribution in [0, 0.1) is 6.92 Å². The number of hydrogen-bond donors (Lipinski definition) is 0. The van der Waals surface area contributed by atoms with E-state index in [-0.39, 0.29) is 17.6 Å². The molecule has 0 fully saturated rings. The third-order valence-electron chi connectivity index (χ3n) is 6.49. The summed E-state index contributed by atoms with van der Waals surface area (Å²) >= 11 is 0. The van der Waals surface area contributed by atoms with Gasteiger partial charge in [-0.1, -0.05) is 18.2 Å². The fraction of sp³-hybridized carbons (Fsp3) is 0.429. The predicted octanol–water partition coefficient (Wildman–Crippen LogP) is 5.61. The first-order valence-electron chi connectivity index (χ1n) is 11.9. The summed E-state index contributed by atoms with van der Waals surface area (Å²) in [4.78, 5) is 15.4. The molecule has 0 spiro atoms. The van der Waals surface area contributed by atoms with Gasteiger partial charge in [0.05, 0.1) is 24.6 Å². The molecule has 1 heterocycles. The van der Waals surface area contributed by atoms with Crippen molar-refractivity contribution in [3.63, 3.8) is 0 Å². The maximum absolute atomic E-state index is 13.6. The molecule has 34 heavy (non-hydrogen) atoms. The highest BCUT2D eigenvalue weighted by Crippen LogP contribution is 2.43. The van der Waals surface area contributed by atoms with Crippen molar-refractivity contribution in [2.24, 2.45) is 0 Å². The van der Waals surface area contributed by atoms with E-state index in [9.17, 15) is 4.79 Å². The fourth-order valence-electron chi connectivity index (χ4n) is 4.37. The zero-order chi connectivity index (χ0) is 24.8. The van der Waals surface area contributed by atoms with Gasteiger partial charge in [0.2, 0.25) is 0 Å². The lowest BCUT2D eigenvalue weighted by atomic mass is 9.87. The lowest BCUT2D eigenvalue weighted by molar-refractivity contribution is 0.0648. The summed E-state index contributed by atoms with van der Waals surface area (Å²) in [5.74, 6) is 1.36. The van der Waals surface area contributed by atoms with Crippen molar-refractivity contribution in [2.45, 2.75) is 66.0 Å². The first kappa shape index (κ1) is 23.9. The van der Waals surface area contributed by atoms with E-state index in [2.05, 4.69) is 19.1 Å². The van der Waals surface area contributed by atoms with E-state index in [0.717, 1.165) is 46.7 Å². The first-order chi connectivity index (χ1) is 16.0. The van der Waals surface area contributed by atoms with Crippen molar-refractivity contribution < 1.29 is 14.3 Å². The van der Waals surface area contributed by atoms with Gasteiger partial charge in [-0.3, -0.25) is 4.79 Å². The molecule has 2 aromatic carbocycles. The summed E-state index contributed by atoms with van der Waals surface area (Å²) in [6.45, 7) is 12.2. The second-order valence-electron chi connectivity index (χ2n) is 10.2. The van der Waals surface area contributed by atoms with Crippen molar-refractivity contribution in [1.82, 2.24) is 14.7 Å². The SMILES string of the molecule is COc1cc2c(cc1OC(C)C)-c1c(c(C(=O)N(C)C(C)(C)C)nn1-c1ccccc1C)CC2. The van der Waals surface area contributed by atoms with Gasteiger partial charge in [0.1, 0.15) is 0 Å². The second kappa shape index (κ2) is 8.82. The van der Waals surface area contributed by atoms with E-state index >= 15 is 0 Å². The van der Waals surface area contributed by atoms with Crippen LogP contribution in [0.5, 0.6) is 11.5 Å². The monoisotopic (exact) mass is 461 g/mol. The maximum Gasteiger partial charge on any atom is 0.274 e. The highest BCUT2D eigenvalue weighted by molar-refractivity contribution is 5.97. The summed E-state index contributed by atoms with van der Waals surface area (Å²) in [5, 5.41) is 4.94. The van der Waals surface area contributed by atoms with Gasteiger partial charge < -0.3 is 14.4 Å². The Bertz CT molecular complexity index is 1230. The smallest absolute Gasteiger partial charge is 0.274 e. The van der Waals surface area contributed by atoms with E-state index in [4.69, 9.17) is 14.6 Å². The number of para-hydroxylation sites is 1. The predicted molar refractivity (Wildman–Crippen MR) is 135 cm³/mol. The van der Waals surface area contributed by atoms with E-state index < -0.39 is 0 Å². The van der Waals surface area contributed by atoms with Crippen molar-refractivity contribution >= 4 is 5.91 Å². The van der Waals surface area contributed by atoms with Crippen LogP contribution < -0.4 is 9.47 Å². The number of fused-ring (bicyclic) bond motifs is 3. The number of hydrogen-bond acceptors (Lipinski definition) is 4. The van der Waals surface area contributed by atoms with Gasteiger partial charge in [0.15, 0.2) is 17.2 Å². The Hall–Kier alpha value is -3.28. The Kier molecular flexibility index (Phi) is 6.19. The minimum absolute atomic E-state index is 0.00821. The summed E-state index contributed by atoms with van der Waals surface area (Å²) in [7, 11) is 3.51. The molecule has 0 saturated heterocycles. The quantitative estimate of drug-likeness (QED) is 0.495. The number of aryl methyl sites for hydroxylation is 2. The number of nitrogens with zero attached hydrogens (tertiary/aromatic N) is 3. The molecule has 6 heteroatoms. The Labute approximate surface area is 202 Å². The maximum atomic E-state index is 13.6. The number of carbonyl (C=O) groups excluding carboxylic acids is 1. The molecule has 0 saturated carbocycles. The number of amides is 1. The highest BCUT2D eigenvalue weighted by Gasteiger charge is 2.34. The van der Waals surface area contributed by atoms with Gasteiger partial charge in [-0.2, -0.15) is 5.10 Å². The lowest BCUT2D eigenvalue weighted by Crippen LogP contribution is -2.43. The first-order valence-corrected chi connectivity index (χ1v) is 11.9. The normalized spacial score (nSPS) is 12.9. The van der Waals surface area contributed by atoms with Crippen molar-refractivity contribution in [1.29, 1.82) is 0 Å². The van der Waals surface area contributed by atoms with Gasteiger partial charge in [0.25, 0.3) is 5.91 Å². The molecule has 1 aromatic heterocycles. The molecule has 3 aromatic rings. The van der Waals surface area contributed by atoms with Crippen LogP contribution in [0.4, 0.5) is 0 Å². The van der Waals surface area contributed by atoms with Crippen LogP contribution in [-0.4, -0.2) is 46.4 Å². The Morgan fingerprint density at radius 1 is 1.12 bits per heavy atom. The molecule has 6 nitrogen and oxygen atoms in total. The third kappa shape index (κ3) is 4.17. The summed E-state index contributed by atoms with van der Waals surface area (Å²) < 4.78 is 13.7. The van der Waals surface area contributed by atoms with Crippen LogP contribution in [0.1, 0.15) is 61.8 Å². The molecular formula is C28H35N3O3. The van der Waals surface area contributed by atoms with Crippen LogP contribution in [0.25, 0.3) is 16.9 Å². The Morgan fingerprint density at radius 3 is 2.44 bits per heavy atom. The largest absolute Gasteiger partial charge is 0.493 e. The van der Waals surface area contributed by atoms with E-state index in [1.54, 1.807) is 12.0 Å². The molecule has 0 radical (unpaired) electrons. The standard InChI is InChI=1S/C28H35N3O3/c1-17(2)34-24-16-21-19(15-23(24)33-8)13-14-20-25(27(32)30(7)28(4,5)6)29-31(26(20)21)22-12-10-9-11-18(22)3/h9-12,15-17H,13-14H2,1-8H3. The van der Waals surface area contributed by atoms with Crippen molar-refractivity contribution in [2.75, 3.05) is 14.2 Å². The number of carbonyl (C=O) groups is 1. The van der Waals surface area contributed by atoms with Gasteiger partial charge in [-0.05, 0) is 83.7 Å². The number of methoxy groups -OCH3 is 1. The van der Waals surface area contributed by atoms with Crippen molar-refractivity contribution in [3.8, 4) is 28.4 Å². The number of ether oxygens (including phenoxy) is 2. The van der Waals surface area contributed by atoms with Gasteiger partial charge in [-0.25, -0.2) is 4.68 Å². The van der Waals surface area contributed by atoms with E-state index in [1.165, 1.54) is 5.56 Å². The lowest BCUT2D eigenvalue weighted by Gasteiger charge is -2.31. The third-order valence-corrected chi connectivity index (χ3v) is 6.49. The van der Waals surface area contributed by atoms with Crippen LogP contribution in [-0.2, 0) is 12.8 Å². The molecule has 1 aliphatic rings. The Morgan fingerprint density at radius 2 is 1.82 bits per heavy atom. The minimum atomic E-state index is -0.311. The van der Waals surface area contributed by atoms with Gasteiger partial charge >= 0.3 is 0 Å². The Balaban J connectivity index is 1.99. The summed E-state index contributed by atoms with van der Waals surface area (Å²) in [6.07, 6.45) is 1.55. The summed E-state index contributed by atoms with van der Waals surface area (Å²) in [6, 6.07) is 12.2. The van der Waals surface area contributed by atoms with Crippen LogP contribution >= 0.6 is 0 Å². The second-order valence-corrected chi connectivity index (χ2v) is 10.2. The minimum Gasteiger partial charge on any atom is -0.493 e. The van der Waals surface area contributed by atoms with Crippen LogP contribution in [0.15, 0.2) is 36.4 Å². The molecule has 0 N–H and O–H groups in total. The molecule has 0 aliphatic heterocycles. The average molecular weight is 462 g/mol. The van der Waals surface area contributed by atoms with Crippen LogP contribution in [0.3, 0.4) is 0 Å². The molecule has 0 unspecified atom stereocenters. The molecule has 4 rings (SSSR count). The molecular weight excluding hydrogens is 426 g/mol. The number of benzene rings is 2. The molecule has 1 aliphatic carbocycles.